The highest BCUT2D eigenvalue weighted by atomic mass is 18.2. The van der Waals surface area contributed by atoms with Gasteiger partial charge in [-0.3, -0.25) is 0 Å². The minimum Gasteiger partial charge on any atom is -0.394 e. The van der Waals surface area contributed by atoms with Gasteiger partial charge >= 0.3 is 0 Å². The molecule has 5 atom stereocenters. The molecule has 0 aromatic heterocycles. The van der Waals surface area contributed by atoms with Crippen LogP contribution in [0.15, 0.2) is 0 Å². The zero-order valence-electron chi connectivity index (χ0n) is 6.17. The number of aliphatic hydroxyl groups excluding tert-OH is 4. The van der Waals surface area contributed by atoms with E-state index in [4.69, 9.17) is 20.4 Å². The molecule has 0 aliphatic carbocycles. The van der Waals surface area contributed by atoms with Gasteiger partial charge in [0, 0.05) is 0 Å². The minimum atomic E-state index is -2.04. The Morgan fingerprint density at radius 3 is 2.25 bits per heavy atom. The number of aliphatic hydroxyl groups is 4. The molecule has 0 bridgehead atoms. The Hall–Kier alpha value is -0.270. The first-order chi connectivity index (χ1) is 5.57. The molecule has 0 spiro atoms. The first kappa shape index (κ1) is 9.82. The maximum atomic E-state index is 12.7. The average Bonchev–Trinajstić information content (AvgIpc) is 2.08. The van der Waals surface area contributed by atoms with Gasteiger partial charge in [-0.05, 0) is 0 Å². The first-order valence-corrected chi connectivity index (χ1v) is 3.52. The quantitative estimate of drug-likeness (QED) is 0.367. The summed E-state index contributed by atoms with van der Waals surface area (Å²) in [6, 6.07) is 0. The van der Waals surface area contributed by atoms with Crippen molar-refractivity contribution in [1.29, 1.82) is 0 Å². The molecule has 1 heterocycles. The molecule has 1 saturated heterocycles. The molecule has 1 aliphatic heterocycles. The molecule has 0 unspecified atom stereocenters. The molecule has 12 heavy (non-hydrogen) atoms. The number of alkyl halides is 1. The zero-order valence-corrected chi connectivity index (χ0v) is 6.17. The molecule has 1 rings (SSSR count). The molecular weight excluding hydrogens is 170 g/mol. The lowest BCUT2D eigenvalue weighted by atomic mass is 10.0. The van der Waals surface area contributed by atoms with E-state index in [1.54, 1.807) is 0 Å². The van der Waals surface area contributed by atoms with Gasteiger partial charge in [0.1, 0.15) is 18.3 Å². The van der Waals surface area contributed by atoms with E-state index in [0.29, 0.717) is 0 Å². The van der Waals surface area contributed by atoms with Gasteiger partial charge in [0.05, 0.1) is 6.61 Å². The first-order valence-electron chi connectivity index (χ1n) is 3.52. The third-order valence-electron chi connectivity index (χ3n) is 1.82. The predicted octanol–water partition coefficient (Wildman–Crippen LogP) is -2.24. The average molecular weight is 181 g/mol. The van der Waals surface area contributed by atoms with E-state index in [1.807, 2.05) is 0 Å². The van der Waals surface area contributed by atoms with Crippen molar-refractivity contribution >= 4 is 0 Å². The van der Waals surface area contributed by atoms with Crippen molar-refractivity contribution in [3.8, 4) is 0 Å². The van der Waals surface area contributed by atoms with Crippen LogP contribution in [0.5, 0.6) is 0 Å². The van der Waals surface area contributed by atoms with E-state index in [2.05, 4.69) is 4.74 Å². The second kappa shape index (κ2) is 3.63. The van der Waals surface area contributed by atoms with Gasteiger partial charge in [0.2, 0.25) is 0 Å². The van der Waals surface area contributed by atoms with Crippen LogP contribution in [0.25, 0.3) is 0 Å². The van der Waals surface area contributed by atoms with Gasteiger partial charge < -0.3 is 25.2 Å². The van der Waals surface area contributed by atoms with Crippen LogP contribution in [0.4, 0.5) is 4.39 Å². The SMILES string of the molecule is OC[C@H]1O[C@@H](O)[C@H]([18F])[C@H](O)[C@@H]1O. The summed E-state index contributed by atoms with van der Waals surface area (Å²) >= 11 is 0. The van der Waals surface area contributed by atoms with Crippen molar-refractivity contribution in [1.82, 2.24) is 0 Å². The largest absolute Gasteiger partial charge is 0.394 e. The molecule has 5 nitrogen and oxygen atoms in total. The standard InChI is InChI=1S/C6H11FO5/c7-3-5(10)4(9)2(1-8)12-6(3)11/h2-6,8-11H,1H2/t2-,3-,4-,5+,6-/m1/s1/i7-1. The van der Waals surface area contributed by atoms with E-state index >= 15 is 0 Å². The van der Waals surface area contributed by atoms with Crippen molar-refractivity contribution in [2.75, 3.05) is 6.61 Å². The molecule has 72 valence electrons. The summed E-state index contributed by atoms with van der Waals surface area (Å²) in [5.74, 6) is 0. The molecule has 4 N–H and O–H groups in total. The molecule has 6 heteroatoms. The van der Waals surface area contributed by atoms with Crippen LogP contribution in [0.3, 0.4) is 0 Å². The van der Waals surface area contributed by atoms with Crippen LogP contribution in [-0.2, 0) is 4.74 Å². The fraction of sp³-hybridized carbons (Fsp3) is 1.00. The lowest BCUT2D eigenvalue weighted by molar-refractivity contribution is -0.271. The number of hydrogen-bond donors (Lipinski definition) is 4. The van der Waals surface area contributed by atoms with Crippen LogP contribution in [0, 0.1) is 0 Å². The summed E-state index contributed by atoms with van der Waals surface area (Å²) in [7, 11) is 0. The van der Waals surface area contributed by atoms with Gasteiger partial charge in [0.25, 0.3) is 0 Å². The summed E-state index contributed by atoms with van der Waals surface area (Å²) < 4.78 is 17.1. The van der Waals surface area contributed by atoms with Gasteiger partial charge in [-0.1, -0.05) is 0 Å². The summed E-state index contributed by atoms with van der Waals surface area (Å²) in [5.41, 5.74) is 0. The van der Waals surface area contributed by atoms with Gasteiger partial charge in [0.15, 0.2) is 12.5 Å². The van der Waals surface area contributed by atoms with Crippen molar-refractivity contribution in [2.24, 2.45) is 0 Å². The molecule has 0 aromatic carbocycles. The molecule has 1 aliphatic rings. The maximum Gasteiger partial charge on any atom is 0.189 e. The Morgan fingerprint density at radius 2 is 1.75 bits per heavy atom. The number of halogens is 1. The van der Waals surface area contributed by atoms with Crippen molar-refractivity contribution in [3.05, 3.63) is 0 Å². The molecular formula is C6H11FO5. The fourth-order valence-corrected chi connectivity index (χ4v) is 1.06. The van der Waals surface area contributed by atoms with E-state index in [-0.39, 0.29) is 0 Å². The predicted molar refractivity (Wildman–Crippen MR) is 34.9 cm³/mol. The molecule has 0 saturated carbocycles. The van der Waals surface area contributed by atoms with Crippen molar-refractivity contribution in [3.63, 3.8) is 0 Å². The lowest BCUT2D eigenvalue weighted by Gasteiger charge is -2.36. The monoisotopic (exact) mass is 181 g/mol. The normalized spacial score (nSPS) is 49.2. The Kier molecular flexibility index (Phi) is 2.97. The highest BCUT2D eigenvalue weighted by Gasteiger charge is 2.43. The smallest absolute Gasteiger partial charge is 0.189 e. The molecule has 1 fully saturated rings. The van der Waals surface area contributed by atoms with Gasteiger partial charge in [-0.15, -0.1) is 0 Å². The topological polar surface area (TPSA) is 90.2 Å². The second-order valence-corrected chi connectivity index (χ2v) is 2.67. The fourth-order valence-electron chi connectivity index (χ4n) is 1.06. The Morgan fingerprint density at radius 1 is 1.17 bits per heavy atom. The van der Waals surface area contributed by atoms with Crippen LogP contribution in [-0.4, -0.2) is 57.8 Å². The van der Waals surface area contributed by atoms with Crippen LogP contribution < -0.4 is 0 Å². The van der Waals surface area contributed by atoms with E-state index in [0.717, 1.165) is 0 Å². The number of hydrogen-bond acceptors (Lipinski definition) is 5. The van der Waals surface area contributed by atoms with E-state index in [1.165, 1.54) is 0 Å². The molecule has 0 aromatic rings. The summed E-state index contributed by atoms with van der Waals surface area (Å²) in [4.78, 5) is 0. The summed E-state index contributed by atoms with van der Waals surface area (Å²) in [6.07, 6.45) is -8.19. The highest BCUT2D eigenvalue weighted by molar-refractivity contribution is 4.88. The minimum absolute atomic E-state index is 0.581. The Balaban J connectivity index is 2.63. The second-order valence-electron chi connectivity index (χ2n) is 2.67. The Labute approximate surface area is 68.0 Å². The highest BCUT2D eigenvalue weighted by Crippen LogP contribution is 2.21. The van der Waals surface area contributed by atoms with Crippen molar-refractivity contribution < 1.29 is 29.6 Å². The summed E-state index contributed by atoms with van der Waals surface area (Å²) in [6.45, 7) is -0.581. The van der Waals surface area contributed by atoms with Crippen molar-refractivity contribution in [2.45, 2.75) is 30.8 Å². The van der Waals surface area contributed by atoms with Crippen LogP contribution >= 0.6 is 0 Å². The Bertz CT molecular complexity index is 150. The number of ether oxygens (including phenoxy) is 1. The third kappa shape index (κ3) is 1.57. The van der Waals surface area contributed by atoms with Crippen LogP contribution in [0.2, 0.25) is 0 Å². The van der Waals surface area contributed by atoms with E-state index < -0.39 is 37.4 Å². The maximum absolute atomic E-state index is 12.7. The molecule has 0 amide bonds. The van der Waals surface area contributed by atoms with Gasteiger partial charge in [-0.25, -0.2) is 4.39 Å². The van der Waals surface area contributed by atoms with E-state index in [9.17, 15) is 4.39 Å². The van der Waals surface area contributed by atoms with Gasteiger partial charge in [-0.2, -0.15) is 0 Å². The molecule has 0 radical (unpaired) electrons. The summed E-state index contributed by atoms with van der Waals surface area (Å²) in [5, 5.41) is 35.3. The number of rotatable bonds is 1. The lowest BCUT2D eigenvalue weighted by Crippen LogP contribution is -2.56. The third-order valence-corrected chi connectivity index (χ3v) is 1.82. The zero-order chi connectivity index (χ0) is 9.30. The van der Waals surface area contributed by atoms with Crippen LogP contribution in [0.1, 0.15) is 0 Å².